The van der Waals surface area contributed by atoms with E-state index in [2.05, 4.69) is 10.3 Å². The molecular weight excluding hydrogens is 280 g/mol. The van der Waals surface area contributed by atoms with Gasteiger partial charge in [-0.15, -0.1) is 12.4 Å². The first-order valence-corrected chi connectivity index (χ1v) is 6.25. The molecule has 0 bridgehead atoms. The molecule has 0 fully saturated rings. The highest BCUT2D eigenvalue weighted by molar-refractivity contribution is 5.85. The molecular formula is C13H23ClN4O2. The number of rotatable bonds is 7. The van der Waals surface area contributed by atoms with Crippen LogP contribution >= 0.6 is 12.4 Å². The summed E-state index contributed by atoms with van der Waals surface area (Å²) in [4.78, 5) is 17.5. The Morgan fingerprint density at radius 2 is 2.25 bits per heavy atom. The summed E-state index contributed by atoms with van der Waals surface area (Å²) in [6, 6.07) is 3.15. The van der Waals surface area contributed by atoms with Crippen LogP contribution in [0.3, 0.4) is 0 Å². The number of ether oxygens (including phenoxy) is 1. The van der Waals surface area contributed by atoms with Crippen molar-refractivity contribution in [2.75, 3.05) is 27.2 Å². The number of halogens is 1. The van der Waals surface area contributed by atoms with Gasteiger partial charge in [-0.25, -0.2) is 4.98 Å². The molecule has 0 aliphatic rings. The molecule has 7 heteroatoms. The zero-order valence-corrected chi connectivity index (χ0v) is 12.9. The molecule has 0 radical (unpaired) electrons. The minimum Gasteiger partial charge on any atom is -0.476 e. The first-order valence-electron chi connectivity index (χ1n) is 6.25. The van der Waals surface area contributed by atoms with Crippen LogP contribution in [0.15, 0.2) is 18.3 Å². The predicted octanol–water partition coefficient (Wildman–Crippen LogP) is 0.407. The summed E-state index contributed by atoms with van der Waals surface area (Å²) in [6.07, 6.45) is 1.67. The molecule has 0 saturated carbocycles. The van der Waals surface area contributed by atoms with Crippen LogP contribution in [0.25, 0.3) is 0 Å². The minimum atomic E-state index is -0.502. The van der Waals surface area contributed by atoms with Gasteiger partial charge in [0.1, 0.15) is 6.61 Å². The number of hydrogen-bond acceptors (Lipinski definition) is 5. The van der Waals surface area contributed by atoms with Crippen molar-refractivity contribution in [3.05, 3.63) is 23.9 Å². The fraction of sp³-hybridized carbons (Fsp3) is 0.538. The Bertz CT molecular complexity index is 413. The number of carbonyl (C=O) groups is 1. The second-order valence-corrected chi connectivity index (χ2v) is 4.66. The highest BCUT2D eigenvalue weighted by Crippen LogP contribution is 2.09. The SMILES string of the molecule is CC(N)C(=O)NCc1ccnc(OCCN(C)C)c1.Cl. The van der Waals surface area contributed by atoms with E-state index in [4.69, 9.17) is 10.5 Å². The Labute approximate surface area is 126 Å². The van der Waals surface area contributed by atoms with Crippen molar-refractivity contribution in [3.8, 4) is 5.88 Å². The van der Waals surface area contributed by atoms with E-state index in [9.17, 15) is 4.79 Å². The van der Waals surface area contributed by atoms with E-state index in [0.29, 0.717) is 19.0 Å². The average Bonchev–Trinajstić information content (AvgIpc) is 2.36. The first-order chi connectivity index (χ1) is 8.99. The van der Waals surface area contributed by atoms with Gasteiger partial charge in [0, 0.05) is 25.4 Å². The Morgan fingerprint density at radius 3 is 2.85 bits per heavy atom. The lowest BCUT2D eigenvalue weighted by molar-refractivity contribution is -0.122. The molecule has 1 aromatic rings. The van der Waals surface area contributed by atoms with Crippen LogP contribution in [0.1, 0.15) is 12.5 Å². The summed E-state index contributed by atoms with van der Waals surface area (Å²) in [7, 11) is 3.97. The maximum atomic E-state index is 11.4. The van der Waals surface area contributed by atoms with Crippen LogP contribution in [0.5, 0.6) is 5.88 Å². The molecule has 0 aliphatic carbocycles. The first kappa shape index (κ1) is 18.6. The number of nitrogens with one attached hydrogen (secondary N) is 1. The Balaban J connectivity index is 0.00000361. The lowest BCUT2D eigenvalue weighted by atomic mass is 10.2. The van der Waals surface area contributed by atoms with E-state index >= 15 is 0 Å². The molecule has 114 valence electrons. The molecule has 1 rings (SSSR count). The summed E-state index contributed by atoms with van der Waals surface area (Å²) >= 11 is 0. The smallest absolute Gasteiger partial charge is 0.236 e. The van der Waals surface area contributed by atoms with Gasteiger partial charge in [-0.3, -0.25) is 4.79 Å². The summed E-state index contributed by atoms with van der Waals surface area (Å²) in [5.41, 5.74) is 6.40. The third-order valence-electron chi connectivity index (χ3n) is 2.47. The average molecular weight is 303 g/mol. The quantitative estimate of drug-likeness (QED) is 0.762. The van der Waals surface area contributed by atoms with Crippen molar-refractivity contribution in [3.63, 3.8) is 0 Å². The maximum Gasteiger partial charge on any atom is 0.236 e. The topological polar surface area (TPSA) is 80.5 Å². The number of aromatic nitrogens is 1. The predicted molar refractivity (Wildman–Crippen MR) is 81.0 cm³/mol. The molecule has 6 nitrogen and oxygen atoms in total. The van der Waals surface area contributed by atoms with Crippen molar-refractivity contribution in [2.45, 2.75) is 19.5 Å². The van der Waals surface area contributed by atoms with Crippen molar-refractivity contribution in [2.24, 2.45) is 5.73 Å². The highest BCUT2D eigenvalue weighted by atomic mass is 35.5. The number of nitrogens with two attached hydrogens (primary N) is 1. The standard InChI is InChI=1S/C13H22N4O2.ClH/c1-10(14)13(18)16-9-11-4-5-15-12(8-11)19-7-6-17(2)3;/h4-5,8,10H,6-7,9,14H2,1-3H3,(H,16,18);1H. The fourth-order valence-corrected chi connectivity index (χ4v) is 1.32. The van der Waals surface area contributed by atoms with Crippen LogP contribution in [0.2, 0.25) is 0 Å². The molecule has 0 spiro atoms. The zero-order chi connectivity index (χ0) is 14.3. The summed E-state index contributed by atoms with van der Waals surface area (Å²) in [5, 5.41) is 2.74. The molecule has 1 atom stereocenters. The second-order valence-electron chi connectivity index (χ2n) is 4.66. The third kappa shape index (κ3) is 7.28. The lowest BCUT2D eigenvalue weighted by Crippen LogP contribution is -2.37. The molecule has 0 saturated heterocycles. The molecule has 0 aromatic carbocycles. The van der Waals surface area contributed by atoms with E-state index in [-0.39, 0.29) is 18.3 Å². The Kier molecular flexibility index (Phi) is 8.87. The van der Waals surface area contributed by atoms with E-state index in [0.717, 1.165) is 12.1 Å². The minimum absolute atomic E-state index is 0. The number of nitrogens with zero attached hydrogens (tertiary/aromatic N) is 2. The van der Waals surface area contributed by atoms with Gasteiger partial charge in [0.05, 0.1) is 6.04 Å². The van der Waals surface area contributed by atoms with Crippen LogP contribution in [0.4, 0.5) is 0 Å². The van der Waals surface area contributed by atoms with Crippen LogP contribution in [0, 0.1) is 0 Å². The second kappa shape index (κ2) is 9.52. The van der Waals surface area contributed by atoms with Gasteiger partial charge in [0.2, 0.25) is 11.8 Å². The molecule has 1 heterocycles. The summed E-state index contributed by atoms with van der Waals surface area (Å²) in [6.45, 7) is 3.48. The van der Waals surface area contributed by atoms with Crippen molar-refractivity contribution in [1.29, 1.82) is 0 Å². The van der Waals surface area contributed by atoms with Gasteiger partial charge < -0.3 is 20.7 Å². The van der Waals surface area contributed by atoms with Gasteiger partial charge in [-0.05, 0) is 32.6 Å². The van der Waals surface area contributed by atoms with E-state index in [1.54, 1.807) is 13.1 Å². The number of carbonyl (C=O) groups excluding carboxylic acids is 1. The largest absolute Gasteiger partial charge is 0.476 e. The van der Waals surface area contributed by atoms with Crippen LogP contribution < -0.4 is 15.8 Å². The van der Waals surface area contributed by atoms with Gasteiger partial charge >= 0.3 is 0 Å². The van der Waals surface area contributed by atoms with Crippen molar-refractivity contribution in [1.82, 2.24) is 15.2 Å². The van der Waals surface area contributed by atoms with Gasteiger partial charge in [-0.2, -0.15) is 0 Å². The van der Waals surface area contributed by atoms with Gasteiger partial charge in [-0.1, -0.05) is 0 Å². The Hall–Kier alpha value is -1.37. The monoisotopic (exact) mass is 302 g/mol. The van der Waals surface area contributed by atoms with E-state index < -0.39 is 6.04 Å². The summed E-state index contributed by atoms with van der Waals surface area (Å²) < 4.78 is 5.52. The molecule has 0 aliphatic heterocycles. The number of pyridine rings is 1. The zero-order valence-electron chi connectivity index (χ0n) is 12.1. The molecule has 1 unspecified atom stereocenters. The maximum absolute atomic E-state index is 11.4. The van der Waals surface area contributed by atoms with Gasteiger partial charge in [0.15, 0.2) is 0 Å². The van der Waals surface area contributed by atoms with Gasteiger partial charge in [0.25, 0.3) is 0 Å². The van der Waals surface area contributed by atoms with E-state index in [1.165, 1.54) is 0 Å². The van der Waals surface area contributed by atoms with Crippen LogP contribution in [-0.2, 0) is 11.3 Å². The number of amides is 1. The molecule has 3 N–H and O–H groups in total. The fourth-order valence-electron chi connectivity index (χ4n) is 1.32. The normalized spacial score (nSPS) is 11.7. The lowest BCUT2D eigenvalue weighted by Gasteiger charge is -2.11. The summed E-state index contributed by atoms with van der Waals surface area (Å²) in [5.74, 6) is 0.390. The number of hydrogen-bond donors (Lipinski definition) is 2. The molecule has 20 heavy (non-hydrogen) atoms. The molecule has 1 aromatic heterocycles. The van der Waals surface area contributed by atoms with E-state index in [1.807, 2.05) is 31.1 Å². The number of likely N-dealkylation sites (N-methyl/N-ethyl adjacent to an activating group) is 1. The van der Waals surface area contributed by atoms with Crippen molar-refractivity contribution < 1.29 is 9.53 Å². The molecule has 1 amide bonds. The third-order valence-corrected chi connectivity index (χ3v) is 2.47. The Morgan fingerprint density at radius 1 is 1.55 bits per heavy atom. The van der Waals surface area contributed by atoms with Crippen LogP contribution in [-0.4, -0.2) is 49.1 Å². The van der Waals surface area contributed by atoms with Crippen molar-refractivity contribution >= 4 is 18.3 Å². The highest BCUT2D eigenvalue weighted by Gasteiger charge is 2.06.